The van der Waals surface area contributed by atoms with E-state index >= 15 is 0 Å². The molecular formula is C12H26. The minimum Gasteiger partial charge on any atom is -0.0651 e. The van der Waals surface area contributed by atoms with Gasteiger partial charge in [0.15, 0.2) is 0 Å². The standard InChI is InChI=1S/C12H26/c1-8-10(9-2)12(6,7)11(3,4)5/h10H,8-9H2,1-7H3. The molecule has 0 fully saturated rings. The fourth-order valence-electron chi connectivity index (χ4n) is 1.92. The molecule has 0 aromatic heterocycles. The van der Waals surface area contributed by atoms with Crippen LogP contribution in [0.4, 0.5) is 0 Å². The Morgan fingerprint density at radius 1 is 0.833 bits per heavy atom. The van der Waals surface area contributed by atoms with Gasteiger partial charge in [-0.15, -0.1) is 0 Å². The molecule has 0 aliphatic carbocycles. The molecule has 0 nitrogen and oxygen atoms in total. The van der Waals surface area contributed by atoms with Gasteiger partial charge in [-0.1, -0.05) is 61.3 Å². The van der Waals surface area contributed by atoms with E-state index in [4.69, 9.17) is 0 Å². The summed E-state index contributed by atoms with van der Waals surface area (Å²) in [6.07, 6.45) is 2.61. The van der Waals surface area contributed by atoms with E-state index in [2.05, 4.69) is 48.5 Å². The summed E-state index contributed by atoms with van der Waals surface area (Å²) in [6, 6.07) is 0. The Morgan fingerprint density at radius 3 is 1.25 bits per heavy atom. The summed E-state index contributed by atoms with van der Waals surface area (Å²) in [7, 11) is 0. The first-order chi connectivity index (χ1) is 5.27. The Hall–Kier alpha value is 0. The summed E-state index contributed by atoms with van der Waals surface area (Å²) in [5, 5.41) is 0. The summed E-state index contributed by atoms with van der Waals surface area (Å²) in [6.45, 7) is 16.5. The lowest BCUT2D eigenvalue weighted by molar-refractivity contribution is 0.0495. The van der Waals surface area contributed by atoms with Gasteiger partial charge in [0.2, 0.25) is 0 Å². The minimum absolute atomic E-state index is 0.420. The molecule has 0 aromatic rings. The van der Waals surface area contributed by atoms with Crippen molar-refractivity contribution in [3.05, 3.63) is 0 Å². The zero-order valence-electron chi connectivity index (χ0n) is 9.99. The van der Waals surface area contributed by atoms with Crippen LogP contribution >= 0.6 is 0 Å². The first-order valence-corrected chi connectivity index (χ1v) is 5.27. The Bertz CT molecular complexity index is 121. The van der Waals surface area contributed by atoms with Crippen LogP contribution in [-0.4, -0.2) is 0 Å². The molecule has 0 aromatic carbocycles. The number of rotatable bonds is 3. The molecule has 0 heterocycles. The van der Waals surface area contributed by atoms with E-state index in [1.54, 1.807) is 0 Å². The molecule has 0 rings (SSSR count). The quantitative estimate of drug-likeness (QED) is 0.585. The van der Waals surface area contributed by atoms with Crippen molar-refractivity contribution in [2.45, 2.75) is 61.3 Å². The van der Waals surface area contributed by atoms with E-state index in [0.717, 1.165) is 5.92 Å². The summed E-state index contributed by atoms with van der Waals surface area (Å²) in [4.78, 5) is 0. The van der Waals surface area contributed by atoms with Crippen LogP contribution in [-0.2, 0) is 0 Å². The monoisotopic (exact) mass is 170 g/mol. The Morgan fingerprint density at radius 2 is 1.17 bits per heavy atom. The smallest absolute Gasteiger partial charge is 0.0277 e. The first-order valence-electron chi connectivity index (χ1n) is 5.27. The van der Waals surface area contributed by atoms with E-state index in [-0.39, 0.29) is 0 Å². The summed E-state index contributed by atoms with van der Waals surface area (Å²) >= 11 is 0. The summed E-state index contributed by atoms with van der Waals surface area (Å²) in [5.41, 5.74) is 0.875. The molecule has 0 bridgehead atoms. The van der Waals surface area contributed by atoms with E-state index in [9.17, 15) is 0 Å². The fraction of sp³-hybridized carbons (Fsp3) is 1.00. The van der Waals surface area contributed by atoms with Crippen molar-refractivity contribution < 1.29 is 0 Å². The third kappa shape index (κ3) is 2.24. The van der Waals surface area contributed by atoms with Gasteiger partial charge in [-0.25, -0.2) is 0 Å². The van der Waals surface area contributed by atoms with Gasteiger partial charge in [0.1, 0.15) is 0 Å². The molecule has 0 N–H and O–H groups in total. The van der Waals surface area contributed by atoms with Crippen LogP contribution in [0.5, 0.6) is 0 Å². The van der Waals surface area contributed by atoms with Crippen LogP contribution < -0.4 is 0 Å². The van der Waals surface area contributed by atoms with Gasteiger partial charge in [-0.3, -0.25) is 0 Å². The lowest BCUT2D eigenvalue weighted by atomic mass is 9.61. The van der Waals surface area contributed by atoms with Crippen LogP contribution in [0, 0.1) is 16.7 Å². The topological polar surface area (TPSA) is 0 Å². The van der Waals surface area contributed by atoms with Crippen LogP contribution in [0.25, 0.3) is 0 Å². The molecule has 0 aliphatic heterocycles. The summed E-state index contributed by atoms with van der Waals surface area (Å²) in [5.74, 6) is 0.859. The van der Waals surface area contributed by atoms with Gasteiger partial charge in [-0.2, -0.15) is 0 Å². The van der Waals surface area contributed by atoms with E-state index < -0.39 is 0 Å². The van der Waals surface area contributed by atoms with Crippen LogP contribution in [0.15, 0.2) is 0 Å². The van der Waals surface area contributed by atoms with E-state index in [1.807, 2.05) is 0 Å². The molecule has 0 aliphatic rings. The molecular weight excluding hydrogens is 144 g/mol. The highest BCUT2D eigenvalue weighted by Gasteiger charge is 2.37. The molecule has 0 saturated heterocycles. The maximum Gasteiger partial charge on any atom is -0.0277 e. The highest BCUT2D eigenvalue weighted by Crippen LogP contribution is 2.46. The molecule has 0 spiro atoms. The van der Waals surface area contributed by atoms with E-state index in [1.165, 1.54) is 12.8 Å². The average Bonchev–Trinajstić information content (AvgIpc) is 1.87. The Balaban J connectivity index is 4.57. The van der Waals surface area contributed by atoms with Crippen LogP contribution in [0.2, 0.25) is 0 Å². The van der Waals surface area contributed by atoms with Crippen LogP contribution in [0.3, 0.4) is 0 Å². The lowest BCUT2D eigenvalue weighted by Crippen LogP contribution is -2.36. The highest BCUT2D eigenvalue weighted by molar-refractivity contribution is 4.87. The second kappa shape index (κ2) is 3.81. The second-order valence-corrected chi connectivity index (χ2v) is 5.49. The zero-order chi connectivity index (χ0) is 9.99. The van der Waals surface area contributed by atoms with Gasteiger partial charge in [0, 0.05) is 0 Å². The van der Waals surface area contributed by atoms with Gasteiger partial charge in [-0.05, 0) is 16.7 Å². The highest BCUT2D eigenvalue weighted by atomic mass is 14.4. The average molecular weight is 170 g/mol. The Labute approximate surface area is 78.8 Å². The Kier molecular flexibility index (Phi) is 3.81. The van der Waals surface area contributed by atoms with Crippen molar-refractivity contribution in [2.24, 2.45) is 16.7 Å². The molecule has 0 amide bonds. The van der Waals surface area contributed by atoms with Gasteiger partial charge in [0.05, 0.1) is 0 Å². The van der Waals surface area contributed by atoms with Crippen molar-refractivity contribution in [3.63, 3.8) is 0 Å². The van der Waals surface area contributed by atoms with Gasteiger partial charge >= 0.3 is 0 Å². The van der Waals surface area contributed by atoms with Crippen molar-refractivity contribution in [3.8, 4) is 0 Å². The second-order valence-electron chi connectivity index (χ2n) is 5.49. The normalized spacial score (nSPS) is 14.0. The van der Waals surface area contributed by atoms with Gasteiger partial charge in [0.25, 0.3) is 0 Å². The predicted molar refractivity (Wildman–Crippen MR) is 57.3 cm³/mol. The minimum atomic E-state index is 0.420. The molecule has 0 saturated carbocycles. The van der Waals surface area contributed by atoms with Crippen LogP contribution in [0.1, 0.15) is 61.3 Å². The molecule has 74 valence electrons. The molecule has 12 heavy (non-hydrogen) atoms. The largest absolute Gasteiger partial charge is 0.0651 e. The van der Waals surface area contributed by atoms with Crippen molar-refractivity contribution in [2.75, 3.05) is 0 Å². The lowest BCUT2D eigenvalue weighted by Gasteiger charge is -2.44. The van der Waals surface area contributed by atoms with Crippen molar-refractivity contribution in [1.82, 2.24) is 0 Å². The van der Waals surface area contributed by atoms with Gasteiger partial charge < -0.3 is 0 Å². The summed E-state index contributed by atoms with van der Waals surface area (Å²) < 4.78 is 0. The molecule has 0 radical (unpaired) electrons. The molecule has 0 atom stereocenters. The molecule has 0 heteroatoms. The number of hydrogen-bond acceptors (Lipinski definition) is 0. The maximum absolute atomic E-state index is 2.41. The van der Waals surface area contributed by atoms with E-state index in [0.29, 0.717) is 10.8 Å². The predicted octanol–water partition coefficient (Wildman–Crippen LogP) is 4.49. The third-order valence-corrected chi connectivity index (χ3v) is 3.94. The van der Waals surface area contributed by atoms with Crippen molar-refractivity contribution >= 4 is 0 Å². The third-order valence-electron chi connectivity index (χ3n) is 3.94. The zero-order valence-corrected chi connectivity index (χ0v) is 9.99. The van der Waals surface area contributed by atoms with Crippen molar-refractivity contribution in [1.29, 1.82) is 0 Å². The fourth-order valence-corrected chi connectivity index (χ4v) is 1.92. The molecule has 0 unspecified atom stereocenters. The maximum atomic E-state index is 2.41. The first kappa shape index (κ1) is 12.0. The number of hydrogen-bond donors (Lipinski definition) is 0. The SMILES string of the molecule is CCC(CC)C(C)(C)C(C)(C)C.